The van der Waals surface area contributed by atoms with Gasteiger partial charge in [0.15, 0.2) is 0 Å². The first kappa shape index (κ1) is 29.1. The number of nitrogens with one attached hydrogen (secondary N) is 1. The molecule has 0 fully saturated rings. The van der Waals surface area contributed by atoms with Crippen LogP contribution in [-0.2, 0) is 4.79 Å². The smallest absolute Gasteiger partial charge is 0.272 e. The molecule has 180 valence electrons. The summed E-state index contributed by atoms with van der Waals surface area (Å²) in [5.74, 6) is -1.19. The first-order chi connectivity index (χ1) is 13.7. The third-order valence-electron chi connectivity index (χ3n) is 5.29. The summed E-state index contributed by atoms with van der Waals surface area (Å²) in [7, 11) is 2.29. The number of amides is 1. The summed E-state index contributed by atoms with van der Waals surface area (Å²) in [5.41, 5.74) is -5.28. The van der Waals surface area contributed by atoms with Gasteiger partial charge in [0.1, 0.15) is 36.1 Å². The maximum Gasteiger partial charge on any atom is 0.272 e. The van der Waals surface area contributed by atoms with Crippen molar-refractivity contribution in [2.75, 3.05) is 27.2 Å². The number of likely N-dealkylation sites (N-methyl/N-ethyl adjacent to an activating group) is 2. The van der Waals surface area contributed by atoms with Gasteiger partial charge < -0.3 is 50.9 Å². The molecule has 8 atom stereocenters. The van der Waals surface area contributed by atoms with Crippen LogP contribution in [0.2, 0.25) is 0 Å². The third kappa shape index (κ3) is 6.29. The molecule has 4 unspecified atom stereocenters. The molecule has 30 heavy (non-hydrogen) atoms. The molecular formula is C18H38N2O10. The van der Waals surface area contributed by atoms with Crippen LogP contribution in [0.25, 0.3) is 0 Å². The van der Waals surface area contributed by atoms with Gasteiger partial charge in [0, 0.05) is 13.6 Å². The van der Waals surface area contributed by atoms with Crippen molar-refractivity contribution in [1.29, 1.82) is 0 Å². The number of rotatable bonds is 14. The summed E-state index contributed by atoms with van der Waals surface area (Å²) >= 11 is 0. The van der Waals surface area contributed by atoms with Crippen LogP contribution >= 0.6 is 0 Å². The van der Waals surface area contributed by atoms with Crippen LogP contribution in [0.4, 0.5) is 0 Å². The van der Waals surface area contributed by atoms with E-state index in [0.29, 0.717) is 12.8 Å². The van der Waals surface area contributed by atoms with Crippen LogP contribution in [0.5, 0.6) is 0 Å². The lowest BCUT2D eigenvalue weighted by atomic mass is 9.77. The fraction of sp³-hybridized carbons (Fsp3) is 0.944. The standard InChI is InChI=1S/C18H38N2O10/c1-5-6-7-17(29,15(27)10(2)22)18(30,19-3)16(28)20(4)8-11(23)13(25)14(26)12(24)9-21/h10-15,19,21-27,29-30H,5-9H2,1-4H3/t10?,11-,12+,13+,14+,15?,17?,18?/m0/s1. The zero-order valence-electron chi connectivity index (χ0n) is 17.9. The van der Waals surface area contributed by atoms with E-state index in [1.807, 2.05) is 0 Å². The second-order valence-electron chi connectivity index (χ2n) is 7.66. The van der Waals surface area contributed by atoms with Crippen molar-refractivity contribution in [1.82, 2.24) is 10.2 Å². The third-order valence-corrected chi connectivity index (χ3v) is 5.29. The summed E-state index contributed by atoms with van der Waals surface area (Å²) in [6, 6.07) is 0. The van der Waals surface area contributed by atoms with E-state index >= 15 is 0 Å². The van der Waals surface area contributed by atoms with Gasteiger partial charge in [-0.05, 0) is 20.4 Å². The van der Waals surface area contributed by atoms with Crippen molar-refractivity contribution in [3.05, 3.63) is 0 Å². The summed E-state index contributed by atoms with van der Waals surface area (Å²) in [6.45, 7) is 1.44. The van der Waals surface area contributed by atoms with Crippen molar-refractivity contribution in [2.24, 2.45) is 0 Å². The van der Waals surface area contributed by atoms with E-state index in [1.165, 1.54) is 6.92 Å². The number of carbonyl (C=O) groups excluding carboxylic acids is 1. The first-order valence-electron chi connectivity index (χ1n) is 9.83. The van der Waals surface area contributed by atoms with Crippen molar-refractivity contribution in [3.63, 3.8) is 0 Å². The molecule has 0 spiro atoms. The van der Waals surface area contributed by atoms with Gasteiger partial charge in [-0.2, -0.15) is 0 Å². The van der Waals surface area contributed by atoms with Gasteiger partial charge in [0.05, 0.1) is 12.7 Å². The molecule has 0 aliphatic rings. The highest BCUT2D eigenvalue weighted by Gasteiger charge is 2.59. The van der Waals surface area contributed by atoms with Crippen molar-refractivity contribution >= 4 is 5.91 Å². The Hall–Kier alpha value is -0.930. The highest BCUT2D eigenvalue weighted by molar-refractivity contribution is 5.86. The molecule has 12 heteroatoms. The van der Waals surface area contributed by atoms with Crippen LogP contribution in [0.15, 0.2) is 0 Å². The molecule has 10 N–H and O–H groups in total. The molecule has 0 heterocycles. The Morgan fingerprint density at radius 2 is 1.53 bits per heavy atom. The van der Waals surface area contributed by atoms with Gasteiger partial charge >= 0.3 is 0 Å². The minimum absolute atomic E-state index is 0.251. The van der Waals surface area contributed by atoms with Crippen LogP contribution in [0.1, 0.15) is 33.1 Å². The normalized spacial score (nSPS) is 22.2. The lowest BCUT2D eigenvalue weighted by Gasteiger charge is -2.47. The highest BCUT2D eigenvalue weighted by atomic mass is 16.4. The molecule has 0 aromatic rings. The molecule has 0 radical (unpaired) electrons. The quantitative estimate of drug-likeness (QED) is 0.116. The molecule has 0 rings (SSSR count). The van der Waals surface area contributed by atoms with E-state index in [-0.39, 0.29) is 6.42 Å². The number of aliphatic hydroxyl groups excluding tert-OH is 7. The van der Waals surface area contributed by atoms with Gasteiger partial charge in [0.2, 0.25) is 5.72 Å². The molecule has 0 saturated heterocycles. The second kappa shape index (κ2) is 12.2. The Balaban J connectivity index is 5.71. The Morgan fingerprint density at radius 1 is 1.03 bits per heavy atom. The van der Waals surface area contributed by atoms with Crippen LogP contribution in [0.3, 0.4) is 0 Å². The van der Waals surface area contributed by atoms with E-state index in [2.05, 4.69) is 5.32 Å². The van der Waals surface area contributed by atoms with Crippen LogP contribution in [-0.4, -0.2) is 132 Å². The Morgan fingerprint density at radius 3 is 1.93 bits per heavy atom. The molecule has 0 aliphatic heterocycles. The molecule has 0 saturated carbocycles. The average molecular weight is 443 g/mol. The minimum atomic E-state index is -2.78. The fourth-order valence-electron chi connectivity index (χ4n) is 3.21. The molecular weight excluding hydrogens is 404 g/mol. The van der Waals surface area contributed by atoms with Gasteiger partial charge in [-0.15, -0.1) is 0 Å². The molecule has 0 aromatic heterocycles. The topological polar surface area (TPSA) is 214 Å². The van der Waals surface area contributed by atoms with Gasteiger partial charge in [-0.1, -0.05) is 19.8 Å². The predicted octanol–water partition coefficient (Wildman–Crippen LogP) is -4.55. The van der Waals surface area contributed by atoms with Crippen LogP contribution in [0, 0.1) is 0 Å². The summed E-state index contributed by atoms with van der Waals surface area (Å²) in [4.78, 5) is 13.7. The number of unbranched alkanes of at least 4 members (excludes halogenated alkanes) is 1. The Kier molecular flexibility index (Phi) is 11.8. The van der Waals surface area contributed by atoms with E-state index in [0.717, 1.165) is 19.0 Å². The highest BCUT2D eigenvalue weighted by Crippen LogP contribution is 2.33. The molecule has 0 aliphatic carbocycles. The summed E-state index contributed by atoms with van der Waals surface area (Å²) in [5, 5.41) is 92.4. The molecule has 1 amide bonds. The summed E-state index contributed by atoms with van der Waals surface area (Å²) in [6.07, 6.45) is -10.2. The largest absolute Gasteiger partial charge is 0.394 e. The van der Waals surface area contributed by atoms with Crippen LogP contribution < -0.4 is 5.32 Å². The number of carbonyl (C=O) groups is 1. The lowest BCUT2D eigenvalue weighted by Crippen LogP contribution is -2.75. The number of hydrogen-bond acceptors (Lipinski definition) is 11. The maximum atomic E-state index is 13.0. The Bertz CT molecular complexity index is 525. The van der Waals surface area contributed by atoms with Gasteiger partial charge in [0.25, 0.3) is 5.91 Å². The van der Waals surface area contributed by atoms with E-state index in [4.69, 9.17) is 5.11 Å². The second-order valence-corrected chi connectivity index (χ2v) is 7.66. The number of aliphatic hydroxyl groups is 9. The van der Waals surface area contributed by atoms with Crippen molar-refractivity contribution in [3.8, 4) is 0 Å². The van der Waals surface area contributed by atoms with E-state index in [9.17, 15) is 45.6 Å². The zero-order valence-corrected chi connectivity index (χ0v) is 17.9. The predicted molar refractivity (Wildman–Crippen MR) is 105 cm³/mol. The average Bonchev–Trinajstić information content (AvgIpc) is 2.73. The minimum Gasteiger partial charge on any atom is -0.394 e. The van der Waals surface area contributed by atoms with E-state index in [1.54, 1.807) is 6.92 Å². The number of nitrogens with zero attached hydrogens (tertiary/aromatic N) is 1. The zero-order chi connectivity index (χ0) is 23.9. The van der Waals surface area contributed by atoms with Gasteiger partial charge in [-0.25, -0.2) is 0 Å². The monoisotopic (exact) mass is 442 g/mol. The first-order valence-corrected chi connectivity index (χ1v) is 9.83. The lowest BCUT2D eigenvalue weighted by molar-refractivity contribution is -0.237. The maximum absolute atomic E-state index is 13.0. The van der Waals surface area contributed by atoms with E-state index < -0.39 is 67.0 Å². The van der Waals surface area contributed by atoms with Crippen molar-refractivity contribution in [2.45, 2.75) is 81.1 Å². The van der Waals surface area contributed by atoms with Gasteiger partial charge in [-0.3, -0.25) is 10.1 Å². The number of hydrogen-bond donors (Lipinski definition) is 10. The molecule has 12 nitrogen and oxygen atoms in total. The Labute approximate surface area is 176 Å². The molecule has 0 bridgehead atoms. The summed E-state index contributed by atoms with van der Waals surface area (Å²) < 4.78 is 0. The van der Waals surface area contributed by atoms with Crippen molar-refractivity contribution < 1.29 is 50.8 Å². The molecule has 0 aromatic carbocycles. The fourth-order valence-corrected chi connectivity index (χ4v) is 3.21. The SMILES string of the molecule is CCCCC(O)(C(O)C(C)O)C(O)(NC)C(=O)N(C)C[C@H](O)[C@@H](O)[C@H](O)[C@H](O)CO.